The van der Waals surface area contributed by atoms with Crippen LogP contribution in [-0.2, 0) is 0 Å². The van der Waals surface area contributed by atoms with Gasteiger partial charge in [-0.3, -0.25) is 0 Å². The lowest BCUT2D eigenvalue weighted by atomic mass is 9.74. The molecule has 2 fully saturated rings. The van der Waals surface area contributed by atoms with Crippen LogP contribution in [0.3, 0.4) is 0 Å². The molecule has 0 saturated heterocycles. The minimum atomic E-state index is 0.774. The molecule has 2 saturated carbocycles. The van der Waals surface area contributed by atoms with Crippen molar-refractivity contribution in [1.29, 1.82) is 0 Å². The first-order valence-electron chi connectivity index (χ1n) is 10.6. The molecule has 1 aromatic carbocycles. The fourth-order valence-electron chi connectivity index (χ4n) is 5.08. The van der Waals surface area contributed by atoms with Crippen LogP contribution in [0, 0.1) is 17.8 Å². The highest BCUT2D eigenvalue weighted by Crippen LogP contribution is 2.40. The first-order valence-corrected chi connectivity index (χ1v) is 11.0. The van der Waals surface area contributed by atoms with Crippen molar-refractivity contribution in [1.82, 2.24) is 0 Å². The Morgan fingerprint density at radius 3 is 1.88 bits per heavy atom. The van der Waals surface area contributed by atoms with Crippen molar-refractivity contribution in [2.45, 2.75) is 83.5 Å². The van der Waals surface area contributed by atoms with E-state index < -0.39 is 0 Å². The van der Waals surface area contributed by atoms with E-state index in [2.05, 4.69) is 43.3 Å². The standard InChI is InChI=1S/C24H35Cl/c1-2-3-4-19-5-7-20(8-6-19)9-10-21-11-13-22(14-12-21)23-15-17-24(25)18-16-23/h2-3,15-22H,4-14H2,1H3/b3-2+. The number of halogens is 1. The molecule has 0 nitrogen and oxygen atoms in total. The second-order valence-electron chi connectivity index (χ2n) is 8.54. The highest BCUT2D eigenvalue weighted by Gasteiger charge is 2.25. The number of benzene rings is 1. The van der Waals surface area contributed by atoms with E-state index in [0.29, 0.717) is 0 Å². The Balaban J connectivity index is 1.34. The topological polar surface area (TPSA) is 0 Å². The molecule has 138 valence electrons. The summed E-state index contributed by atoms with van der Waals surface area (Å²) in [4.78, 5) is 0. The Kier molecular flexibility index (Phi) is 7.47. The molecule has 0 N–H and O–H groups in total. The summed E-state index contributed by atoms with van der Waals surface area (Å²) in [5.74, 6) is 3.76. The average molecular weight is 359 g/mol. The van der Waals surface area contributed by atoms with Gasteiger partial charge in [-0.2, -0.15) is 0 Å². The number of rotatable bonds is 6. The second kappa shape index (κ2) is 9.81. The van der Waals surface area contributed by atoms with Gasteiger partial charge >= 0.3 is 0 Å². The van der Waals surface area contributed by atoms with Gasteiger partial charge in [0.25, 0.3) is 0 Å². The van der Waals surface area contributed by atoms with Crippen LogP contribution in [0.15, 0.2) is 36.4 Å². The molecule has 0 amide bonds. The SMILES string of the molecule is C/C=C/CC1CCC(CCC2CCC(c3ccc(Cl)cc3)CC2)CC1. The smallest absolute Gasteiger partial charge is 0.0406 e. The van der Waals surface area contributed by atoms with E-state index in [-0.39, 0.29) is 0 Å². The molecular formula is C24H35Cl. The van der Waals surface area contributed by atoms with E-state index in [1.54, 1.807) is 0 Å². The number of hydrogen-bond acceptors (Lipinski definition) is 0. The van der Waals surface area contributed by atoms with Crippen LogP contribution in [-0.4, -0.2) is 0 Å². The monoisotopic (exact) mass is 358 g/mol. The summed E-state index contributed by atoms with van der Waals surface area (Å²) in [6.45, 7) is 2.15. The molecule has 1 heteroatoms. The molecule has 2 aliphatic carbocycles. The van der Waals surface area contributed by atoms with E-state index in [4.69, 9.17) is 11.6 Å². The Hall–Kier alpha value is -0.750. The third kappa shape index (κ3) is 5.88. The van der Waals surface area contributed by atoms with E-state index in [9.17, 15) is 0 Å². The van der Waals surface area contributed by atoms with Gasteiger partial charge in [-0.05, 0) is 93.2 Å². The van der Waals surface area contributed by atoms with Crippen molar-refractivity contribution >= 4 is 11.6 Å². The van der Waals surface area contributed by atoms with Crippen LogP contribution >= 0.6 is 11.6 Å². The summed E-state index contributed by atoms with van der Waals surface area (Å²) < 4.78 is 0. The Bertz CT molecular complexity index is 514. The van der Waals surface area contributed by atoms with Crippen LogP contribution in [0.25, 0.3) is 0 Å². The normalized spacial score (nSPS) is 30.6. The maximum atomic E-state index is 6.02. The van der Waals surface area contributed by atoms with Crippen LogP contribution in [0.4, 0.5) is 0 Å². The van der Waals surface area contributed by atoms with Crippen molar-refractivity contribution in [3.63, 3.8) is 0 Å². The minimum absolute atomic E-state index is 0.774. The van der Waals surface area contributed by atoms with Gasteiger partial charge in [-0.25, -0.2) is 0 Å². The Morgan fingerprint density at radius 1 is 0.800 bits per heavy atom. The average Bonchev–Trinajstić information content (AvgIpc) is 2.67. The summed E-state index contributed by atoms with van der Waals surface area (Å²) in [6.07, 6.45) is 20.4. The highest BCUT2D eigenvalue weighted by molar-refractivity contribution is 6.30. The van der Waals surface area contributed by atoms with E-state index >= 15 is 0 Å². The predicted octanol–water partition coefficient (Wildman–Crippen LogP) is 8.17. The zero-order valence-corrected chi connectivity index (χ0v) is 16.7. The number of hydrogen-bond donors (Lipinski definition) is 0. The minimum Gasteiger partial charge on any atom is -0.0917 e. The van der Waals surface area contributed by atoms with Gasteiger partial charge in [0.1, 0.15) is 0 Å². The highest BCUT2D eigenvalue weighted by atomic mass is 35.5. The van der Waals surface area contributed by atoms with Crippen LogP contribution < -0.4 is 0 Å². The van der Waals surface area contributed by atoms with E-state index in [0.717, 1.165) is 28.7 Å². The molecule has 0 bridgehead atoms. The van der Waals surface area contributed by atoms with E-state index in [1.165, 1.54) is 76.2 Å². The van der Waals surface area contributed by atoms with Crippen molar-refractivity contribution in [3.8, 4) is 0 Å². The fraction of sp³-hybridized carbons (Fsp3) is 0.667. The lowest BCUT2D eigenvalue weighted by Gasteiger charge is -2.32. The molecule has 3 rings (SSSR count). The molecule has 0 radical (unpaired) electrons. The maximum absolute atomic E-state index is 6.02. The maximum Gasteiger partial charge on any atom is 0.0406 e. The third-order valence-electron chi connectivity index (χ3n) is 6.84. The van der Waals surface area contributed by atoms with Gasteiger partial charge in [0.05, 0.1) is 0 Å². The summed E-state index contributed by atoms with van der Waals surface area (Å²) in [5, 5.41) is 0.859. The molecule has 0 atom stereocenters. The summed E-state index contributed by atoms with van der Waals surface area (Å²) in [5.41, 5.74) is 1.50. The molecular weight excluding hydrogens is 324 g/mol. The lowest BCUT2D eigenvalue weighted by molar-refractivity contribution is 0.231. The van der Waals surface area contributed by atoms with Gasteiger partial charge in [0, 0.05) is 5.02 Å². The van der Waals surface area contributed by atoms with Gasteiger partial charge in [-0.1, -0.05) is 61.6 Å². The van der Waals surface area contributed by atoms with Gasteiger partial charge in [-0.15, -0.1) is 0 Å². The van der Waals surface area contributed by atoms with Gasteiger partial charge < -0.3 is 0 Å². The van der Waals surface area contributed by atoms with Gasteiger partial charge in [0.15, 0.2) is 0 Å². The van der Waals surface area contributed by atoms with Crippen molar-refractivity contribution in [2.24, 2.45) is 17.8 Å². The lowest BCUT2D eigenvalue weighted by Crippen LogP contribution is -2.17. The Labute approximate surface area is 160 Å². The quantitative estimate of drug-likeness (QED) is 0.450. The second-order valence-corrected chi connectivity index (χ2v) is 8.97. The zero-order chi connectivity index (χ0) is 17.5. The molecule has 25 heavy (non-hydrogen) atoms. The summed E-state index contributed by atoms with van der Waals surface area (Å²) in [6, 6.07) is 8.57. The third-order valence-corrected chi connectivity index (χ3v) is 7.09. The fourth-order valence-corrected chi connectivity index (χ4v) is 5.20. The molecule has 2 aliphatic rings. The molecule has 0 spiro atoms. The van der Waals surface area contributed by atoms with Crippen LogP contribution in [0.2, 0.25) is 5.02 Å². The first-order chi connectivity index (χ1) is 12.2. The van der Waals surface area contributed by atoms with Crippen LogP contribution in [0.1, 0.15) is 89.0 Å². The largest absolute Gasteiger partial charge is 0.0917 e. The molecule has 0 aliphatic heterocycles. The molecule has 1 aromatic rings. The van der Waals surface area contributed by atoms with E-state index in [1.807, 2.05) is 0 Å². The molecule has 0 heterocycles. The molecule has 0 unspecified atom stereocenters. The number of allylic oxidation sites excluding steroid dienone is 2. The summed E-state index contributed by atoms with van der Waals surface area (Å²) in [7, 11) is 0. The molecule has 0 aromatic heterocycles. The predicted molar refractivity (Wildman–Crippen MR) is 110 cm³/mol. The van der Waals surface area contributed by atoms with Crippen molar-refractivity contribution in [3.05, 3.63) is 47.0 Å². The first kappa shape index (κ1) is 19.0. The van der Waals surface area contributed by atoms with Gasteiger partial charge in [0.2, 0.25) is 0 Å². The Morgan fingerprint density at radius 2 is 1.32 bits per heavy atom. The summed E-state index contributed by atoms with van der Waals surface area (Å²) >= 11 is 6.02. The zero-order valence-electron chi connectivity index (χ0n) is 15.9. The van der Waals surface area contributed by atoms with Crippen molar-refractivity contribution in [2.75, 3.05) is 0 Å². The van der Waals surface area contributed by atoms with Crippen LogP contribution in [0.5, 0.6) is 0 Å². The van der Waals surface area contributed by atoms with Crippen molar-refractivity contribution < 1.29 is 0 Å².